The number of nitrogens with zero attached hydrogens (tertiary/aromatic N) is 2. The maximum atomic E-state index is 12.1. The van der Waals surface area contributed by atoms with Crippen LogP contribution in [-0.2, 0) is 4.79 Å². The number of carbonyl (C=O) groups is 1. The van der Waals surface area contributed by atoms with Crippen LogP contribution >= 0.6 is 0 Å². The number of hydrogen-bond acceptors (Lipinski definition) is 5. The third-order valence-electron chi connectivity index (χ3n) is 3.42. The number of hydrogen-bond donors (Lipinski definition) is 2. The van der Waals surface area contributed by atoms with E-state index in [0.29, 0.717) is 5.69 Å². The second-order valence-electron chi connectivity index (χ2n) is 4.76. The number of nitro groups is 1. The molecule has 0 saturated carbocycles. The highest BCUT2D eigenvalue weighted by atomic mass is 16.6. The monoisotopic (exact) mass is 278 g/mol. The van der Waals surface area contributed by atoms with Gasteiger partial charge in [0.05, 0.1) is 11.0 Å². The summed E-state index contributed by atoms with van der Waals surface area (Å²) in [5.74, 6) is -0.0965. The van der Waals surface area contributed by atoms with Crippen molar-refractivity contribution in [3.8, 4) is 0 Å². The number of benzene rings is 1. The summed E-state index contributed by atoms with van der Waals surface area (Å²) in [5, 5.41) is 16.6. The van der Waals surface area contributed by atoms with Crippen LogP contribution in [0.3, 0.4) is 0 Å². The molecule has 0 spiro atoms. The molecular formula is C13H18N4O3. The van der Waals surface area contributed by atoms with E-state index in [0.717, 1.165) is 26.2 Å². The number of anilines is 1. The van der Waals surface area contributed by atoms with Gasteiger partial charge < -0.3 is 10.6 Å². The van der Waals surface area contributed by atoms with Gasteiger partial charge in [-0.05, 0) is 19.1 Å². The first-order valence-electron chi connectivity index (χ1n) is 6.58. The molecule has 1 aliphatic heterocycles. The number of piperazine rings is 1. The second-order valence-corrected chi connectivity index (χ2v) is 4.76. The molecule has 7 heteroatoms. The normalized spacial score (nSPS) is 17.4. The van der Waals surface area contributed by atoms with Gasteiger partial charge in [0.2, 0.25) is 5.91 Å². The van der Waals surface area contributed by atoms with Crippen LogP contribution in [0.15, 0.2) is 24.3 Å². The highest BCUT2D eigenvalue weighted by Gasteiger charge is 2.22. The van der Waals surface area contributed by atoms with Gasteiger partial charge >= 0.3 is 0 Å². The van der Waals surface area contributed by atoms with Crippen molar-refractivity contribution in [1.82, 2.24) is 10.2 Å². The number of amides is 1. The summed E-state index contributed by atoms with van der Waals surface area (Å²) in [5.41, 5.74) is 0.584. The van der Waals surface area contributed by atoms with Crippen molar-refractivity contribution < 1.29 is 9.72 Å². The third kappa shape index (κ3) is 3.52. The van der Waals surface area contributed by atoms with Gasteiger partial charge in [-0.2, -0.15) is 0 Å². The lowest BCUT2D eigenvalue weighted by Crippen LogP contribution is -2.51. The maximum Gasteiger partial charge on any atom is 0.269 e. The molecule has 1 aromatic rings. The molecule has 1 atom stereocenters. The summed E-state index contributed by atoms with van der Waals surface area (Å²) in [6, 6.07) is 5.63. The average Bonchev–Trinajstić information content (AvgIpc) is 2.48. The molecule has 1 aromatic carbocycles. The summed E-state index contributed by atoms with van der Waals surface area (Å²) >= 11 is 0. The highest BCUT2D eigenvalue weighted by molar-refractivity contribution is 5.94. The van der Waals surface area contributed by atoms with E-state index < -0.39 is 4.92 Å². The first kappa shape index (κ1) is 14.4. The Morgan fingerprint density at radius 2 is 1.95 bits per heavy atom. The van der Waals surface area contributed by atoms with Crippen LogP contribution in [0.25, 0.3) is 0 Å². The van der Waals surface area contributed by atoms with Crippen molar-refractivity contribution in [2.24, 2.45) is 0 Å². The smallest absolute Gasteiger partial charge is 0.269 e. The minimum Gasteiger partial charge on any atom is -0.325 e. The summed E-state index contributed by atoms with van der Waals surface area (Å²) in [6.07, 6.45) is 0. The Morgan fingerprint density at radius 1 is 1.35 bits per heavy atom. The zero-order valence-corrected chi connectivity index (χ0v) is 11.3. The first-order chi connectivity index (χ1) is 9.58. The summed E-state index contributed by atoms with van der Waals surface area (Å²) in [6.45, 7) is 5.32. The van der Waals surface area contributed by atoms with Crippen molar-refractivity contribution in [2.45, 2.75) is 13.0 Å². The standard InChI is InChI=1S/C13H18N4O3/c1-10(16-8-6-14-7-9-16)13(18)15-11-2-4-12(5-3-11)17(19)20/h2-5,10,14H,6-9H2,1H3,(H,15,18). The Kier molecular flexibility index (Phi) is 4.65. The highest BCUT2D eigenvalue weighted by Crippen LogP contribution is 2.16. The van der Waals surface area contributed by atoms with Gasteiger partial charge in [-0.25, -0.2) is 0 Å². The first-order valence-corrected chi connectivity index (χ1v) is 6.58. The van der Waals surface area contributed by atoms with Crippen LogP contribution in [0.4, 0.5) is 11.4 Å². The number of nitrogens with one attached hydrogen (secondary N) is 2. The van der Waals surface area contributed by atoms with Gasteiger partial charge in [0.25, 0.3) is 5.69 Å². The Hall–Kier alpha value is -1.99. The zero-order chi connectivity index (χ0) is 14.5. The van der Waals surface area contributed by atoms with Gasteiger partial charge in [-0.3, -0.25) is 19.8 Å². The van der Waals surface area contributed by atoms with Crippen LogP contribution in [0, 0.1) is 10.1 Å². The molecule has 0 radical (unpaired) electrons. The largest absolute Gasteiger partial charge is 0.325 e. The summed E-state index contributed by atoms with van der Waals surface area (Å²) in [4.78, 5) is 24.3. The molecule has 7 nitrogen and oxygen atoms in total. The van der Waals surface area contributed by atoms with Crippen LogP contribution < -0.4 is 10.6 Å². The summed E-state index contributed by atoms with van der Waals surface area (Å²) in [7, 11) is 0. The molecule has 108 valence electrons. The average molecular weight is 278 g/mol. The zero-order valence-electron chi connectivity index (χ0n) is 11.3. The molecule has 1 heterocycles. The molecule has 1 fully saturated rings. The van der Waals surface area contributed by atoms with Crippen molar-refractivity contribution in [3.05, 3.63) is 34.4 Å². The SMILES string of the molecule is CC(C(=O)Nc1ccc([N+](=O)[O-])cc1)N1CCNCC1. The predicted octanol–water partition coefficient (Wildman–Crippen LogP) is 0.827. The van der Waals surface area contributed by atoms with Crippen LogP contribution in [0.5, 0.6) is 0 Å². The Labute approximate surface area is 117 Å². The van der Waals surface area contributed by atoms with Crippen molar-refractivity contribution >= 4 is 17.3 Å². The number of nitro benzene ring substituents is 1. The lowest BCUT2D eigenvalue weighted by Gasteiger charge is -2.31. The molecule has 0 bridgehead atoms. The molecule has 20 heavy (non-hydrogen) atoms. The van der Waals surface area contributed by atoms with Crippen LogP contribution in [0.2, 0.25) is 0 Å². The topological polar surface area (TPSA) is 87.5 Å². The van der Waals surface area contributed by atoms with E-state index in [4.69, 9.17) is 0 Å². The van der Waals surface area contributed by atoms with E-state index in [-0.39, 0.29) is 17.6 Å². The van der Waals surface area contributed by atoms with E-state index >= 15 is 0 Å². The fraction of sp³-hybridized carbons (Fsp3) is 0.462. The lowest BCUT2D eigenvalue weighted by atomic mass is 10.2. The van der Waals surface area contributed by atoms with Crippen molar-refractivity contribution in [2.75, 3.05) is 31.5 Å². The van der Waals surface area contributed by atoms with Crippen molar-refractivity contribution in [3.63, 3.8) is 0 Å². The summed E-state index contributed by atoms with van der Waals surface area (Å²) < 4.78 is 0. The Bertz CT molecular complexity index is 483. The molecule has 2 N–H and O–H groups in total. The fourth-order valence-electron chi connectivity index (χ4n) is 2.15. The molecule has 1 unspecified atom stereocenters. The van der Waals surface area contributed by atoms with E-state index in [1.165, 1.54) is 12.1 Å². The Morgan fingerprint density at radius 3 is 2.50 bits per heavy atom. The maximum absolute atomic E-state index is 12.1. The van der Waals surface area contributed by atoms with Crippen molar-refractivity contribution in [1.29, 1.82) is 0 Å². The van der Waals surface area contributed by atoms with Crippen LogP contribution in [0.1, 0.15) is 6.92 Å². The molecule has 1 amide bonds. The molecule has 1 saturated heterocycles. The van der Waals surface area contributed by atoms with E-state index in [9.17, 15) is 14.9 Å². The Balaban J connectivity index is 1.94. The predicted molar refractivity (Wildman–Crippen MR) is 75.6 cm³/mol. The lowest BCUT2D eigenvalue weighted by molar-refractivity contribution is -0.384. The molecule has 0 aromatic heterocycles. The van der Waals surface area contributed by atoms with Gasteiger partial charge in [-0.15, -0.1) is 0 Å². The quantitative estimate of drug-likeness (QED) is 0.629. The molecule has 1 aliphatic rings. The van der Waals surface area contributed by atoms with Gasteiger partial charge in [0, 0.05) is 44.0 Å². The van der Waals surface area contributed by atoms with Crippen LogP contribution in [-0.4, -0.2) is 48.0 Å². The minimum absolute atomic E-state index is 0.0122. The van der Waals surface area contributed by atoms with Gasteiger partial charge in [-0.1, -0.05) is 0 Å². The second kappa shape index (κ2) is 6.44. The van der Waals surface area contributed by atoms with E-state index in [1.54, 1.807) is 12.1 Å². The molecule has 0 aliphatic carbocycles. The number of carbonyl (C=O) groups excluding carboxylic acids is 1. The van der Waals surface area contributed by atoms with E-state index in [1.807, 2.05) is 6.92 Å². The van der Waals surface area contributed by atoms with Gasteiger partial charge in [0.1, 0.15) is 0 Å². The third-order valence-corrected chi connectivity index (χ3v) is 3.42. The van der Waals surface area contributed by atoms with E-state index in [2.05, 4.69) is 15.5 Å². The minimum atomic E-state index is -0.463. The molecule has 2 rings (SSSR count). The fourth-order valence-corrected chi connectivity index (χ4v) is 2.15. The number of non-ortho nitro benzene ring substituents is 1. The van der Waals surface area contributed by atoms with Gasteiger partial charge in [0.15, 0.2) is 0 Å². The number of rotatable bonds is 4. The molecular weight excluding hydrogens is 260 g/mol.